The molecule has 58 heavy (non-hydrogen) atoms. The maximum absolute atomic E-state index is 12.9. The van der Waals surface area contributed by atoms with E-state index in [1.165, 1.54) is 0 Å². The molecule has 4 atom stereocenters. The quantitative estimate of drug-likeness (QED) is 0.0769. The van der Waals surface area contributed by atoms with E-state index in [1.54, 1.807) is 109 Å². The number of benzene rings is 4. The van der Waals surface area contributed by atoms with Crippen molar-refractivity contribution < 1.29 is 57.0 Å². The van der Waals surface area contributed by atoms with E-state index in [0.29, 0.717) is 35.3 Å². The van der Waals surface area contributed by atoms with E-state index < -0.39 is 48.0 Å². The summed E-state index contributed by atoms with van der Waals surface area (Å²) in [6, 6.07) is 32.3. The molecule has 1 heterocycles. The van der Waals surface area contributed by atoms with Crippen LogP contribution in [0.15, 0.2) is 121 Å². The first-order valence-corrected chi connectivity index (χ1v) is 21.7. The topological polar surface area (TPSA) is 176 Å². The third kappa shape index (κ3) is 17.7. The zero-order chi connectivity index (χ0) is 41.2. The molecule has 0 bridgehead atoms. The number of halogens is 2. The zero-order valence-electron chi connectivity index (χ0n) is 31.6. The number of ether oxygens (including phenoxy) is 4. The maximum atomic E-state index is 12.9. The molecule has 0 amide bonds. The first-order valence-electron chi connectivity index (χ1n) is 18.4. The predicted molar refractivity (Wildman–Crippen MR) is 228 cm³/mol. The molecule has 5 rings (SSSR count). The second-order valence-electron chi connectivity index (χ2n) is 12.7. The first kappa shape index (κ1) is 46.4. The monoisotopic (exact) mass is 879 g/mol. The maximum Gasteiger partial charge on any atom is 0 e. The van der Waals surface area contributed by atoms with Gasteiger partial charge in [0, 0.05) is 5.71 Å². The van der Waals surface area contributed by atoms with E-state index in [4.69, 9.17) is 60.4 Å². The molecule has 16 heteroatoms. The number of carbonyl (C=O) groups excluding carboxylic acids is 4. The Bertz CT molecular complexity index is 1680. The summed E-state index contributed by atoms with van der Waals surface area (Å²) in [5.41, 5.74) is 1.62. The van der Waals surface area contributed by atoms with Crippen LogP contribution < -0.4 is 0 Å². The van der Waals surface area contributed by atoms with Crippen LogP contribution in [0.2, 0.25) is 0 Å². The smallest absolute Gasteiger partial charge is 0 e. The molecule has 0 saturated carbocycles. The molecule has 0 spiro atoms. The van der Waals surface area contributed by atoms with Gasteiger partial charge in [0.1, 0.15) is 0 Å². The second-order valence-corrected chi connectivity index (χ2v) is 14.6. The largest absolute Gasteiger partial charge is 0 e. The zero-order valence-corrected chi connectivity index (χ0v) is 34.3. The summed E-state index contributed by atoms with van der Waals surface area (Å²) in [5, 5.41) is 23.8. The number of nitrogens with zero attached hydrogens (tertiary/aromatic N) is 5. The molecule has 0 N–H and O–H groups in total. The Hall–Kier alpha value is -4.34. The Balaban J connectivity index is 0.00000516. The number of rotatable bonds is 12. The molecule has 1 aliphatic heterocycles. The summed E-state index contributed by atoms with van der Waals surface area (Å²) >= 11 is 0.00694. The SMILES string of the molecule is O=C(OC[C@H]1C[N-][C@H](COC(=O)c2ccccc2)C[N-][C@@H](COC(=O)c2ccccc2)C[N-][C@H](COC(=O)c2ccccc2)C[N-]CC[N-]1)c1ccccc1.[Cl][Mn][Cl].[HH].[HH].[HH].[HH]. The van der Waals surface area contributed by atoms with Gasteiger partial charge in [0.25, 0.3) is 0 Å². The van der Waals surface area contributed by atoms with Gasteiger partial charge in [0.05, 0.1) is 48.7 Å². The average molecular weight is 881 g/mol. The number of hydrogen-bond donors (Lipinski definition) is 0. The van der Waals surface area contributed by atoms with E-state index in [1.807, 2.05) is 12.1 Å². The standard InChI is InChI=1S/C42H44N5O8.2ClH.Mn.4H2/c48-39(31-13-5-1-6-14-31)52-27-35-23-43-21-22-44-36(28-53-40(49)32-15-7-2-8-16-32)24-46-38(30-55-42(51)34-19-11-4-12-20-34)26-47-37(25-45-35)29-54-41(50)33-17-9-3-10-18-33;;;;;;;/h1-20,35-38H,21-30H2;2*1H;;4*1H/q-5;;;+2;;;;/p-2/t35-,36+,37+,38-;;;;;;;/m0......./s1. The Labute approximate surface area is 359 Å². The van der Waals surface area contributed by atoms with E-state index in [9.17, 15) is 19.2 Å². The van der Waals surface area contributed by atoms with Crippen LogP contribution in [0.5, 0.6) is 0 Å². The van der Waals surface area contributed by atoms with Crippen molar-refractivity contribution in [3.63, 3.8) is 0 Å². The fourth-order valence-corrected chi connectivity index (χ4v) is 5.33. The molecule has 0 aliphatic carbocycles. The molecule has 4 aromatic carbocycles. The summed E-state index contributed by atoms with van der Waals surface area (Å²) in [7, 11) is 9.59. The summed E-state index contributed by atoms with van der Waals surface area (Å²) in [4.78, 5) is 51.3. The summed E-state index contributed by atoms with van der Waals surface area (Å²) < 4.78 is 22.6. The molecule has 319 valence electrons. The normalized spacial score (nSPS) is 19.1. The molecular formula is C42H52Cl2MnN5O8-5. The Morgan fingerprint density at radius 1 is 0.448 bits per heavy atom. The minimum atomic E-state index is -0.611. The van der Waals surface area contributed by atoms with Crippen molar-refractivity contribution in [3.8, 4) is 0 Å². The molecule has 1 saturated heterocycles. The van der Waals surface area contributed by atoms with Crippen molar-refractivity contribution in [2.24, 2.45) is 0 Å². The van der Waals surface area contributed by atoms with Crippen molar-refractivity contribution >= 4 is 44.1 Å². The van der Waals surface area contributed by atoms with Crippen molar-refractivity contribution in [3.05, 3.63) is 170 Å². The molecule has 13 nitrogen and oxygen atoms in total. The van der Waals surface area contributed by atoms with Crippen molar-refractivity contribution in [2.45, 2.75) is 24.2 Å². The van der Waals surface area contributed by atoms with Gasteiger partial charge >= 0.3 is 57.2 Å². The number of carbonyl (C=O) groups is 4. The van der Waals surface area contributed by atoms with Gasteiger partial charge in [-0.05, 0) is 48.5 Å². The third-order valence-electron chi connectivity index (χ3n) is 8.37. The van der Waals surface area contributed by atoms with Gasteiger partial charge in [-0.2, -0.15) is 39.3 Å². The summed E-state index contributed by atoms with van der Waals surface area (Å²) in [5.74, 6) is -1.99. The first-order chi connectivity index (χ1) is 28.4. The average Bonchev–Trinajstić information content (AvgIpc) is 3.28. The molecule has 1 fully saturated rings. The molecule has 0 radical (unpaired) electrons. The van der Waals surface area contributed by atoms with Crippen LogP contribution in [0.3, 0.4) is 0 Å². The van der Waals surface area contributed by atoms with Crippen molar-refractivity contribution in [1.82, 2.24) is 0 Å². The summed E-state index contributed by atoms with van der Waals surface area (Å²) in [6.07, 6.45) is 0. The summed E-state index contributed by atoms with van der Waals surface area (Å²) in [6.45, 7) is 1.03. The van der Waals surface area contributed by atoms with Crippen LogP contribution >= 0.6 is 20.2 Å². The molecule has 4 aromatic rings. The van der Waals surface area contributed by atoms with Crippen LogP contribution in [0, 0.1) is 0 Å². The van der Waals surface area contributed by atoms with E-state index in [2.05, 4.69) is 5.32 Å². The van der Waals surface area contributed by atoms with Gasteiger partial charge in [0.15, 0.2) is 0 Å². The third-order valence-corrected chi connectivity index (χ3v) is 8.37. The molecule has 0 unspecified atom stereocenters. The van der Waals surface area contributed by atoms with E-state index in [0.717, 1.165) is 0 Å². The molecule has 0 aromatic heterocycles. The van der Waals surface area contributed by atoms with Gasteiger partial charge in [-0.15, -0.1) is 24.2 Å². The van der Waals surface area contributed by atoms with Gasteiger partial charge in [0.2, 0.25) is 0 Å². The minimum Gasteiger partial charge on any atom is 0 e. The van der Waals surface area contributed by atoms with Crippen molar-refractivity contribution in [1.29, 1.82) is 0 Å². The van der Waals surface area contributed by atoms with Gasteiger partial charge in [-0.3, -0.25) is 0 Å². The van der Waals surface area contributed by atoms with Gasteiger partial charge in [-0.1, -0.05) is 72.8 Å². The van der Waals surface area contributed by atoms with Crippen LogP contribution in [-0.2, 0) is 32.1 Å². The fraction of sp³-hybridized carbons (Fsp3) is 0.333. The van der Waals surface area contributed by atoms with E-state index >= 15 is 0 Å². The predicted octanol–water partition coefficient (Wildman–Crippen LogP) is 9.13. The van der Waals surface area contributed by atoms with Crippen LogP contribution in [0.25, 0.3) is 26.6 Å². The van der Waals surface area contributed by atoms with Crippen LogP contribution in [0.4, 0.5) is 0 Å². The molecular weight excluding hydrogens is 828 g/mol. The van der Waals surface area contributed by atoms with Crippen LogP contribution in [0.1, 0.15) is 47.1 Å². The number of hydrogen-bond acceptors (Lipinski definition) is 8. The minimum absolute atomic E-state index is 0. The fourth-order valence-electron chi connectivity index (χ4n) is 5.33. The Morgan fingerprint density at radius 2 is 0.707 bits per heavy atom. The van der Waals surface area contributed by atoms with Gasteiger partial charge < -0.3 is 45.5 Å². The van der Waals surface area contributed by atoms with Crippen molar-refractivity contribution in [2.75, 3.05) is 65.7 Å². The molecule has 1 aliphatic rings. The van der Waals surface area contributed by atoms with E-state index in [-0.39, 0.29) is 71.4 Å². The Morgan fingerprint density at radius 3 is 1.00 bits per heavy atom. The second kappa shape index (κ2) is 27.4. The Kier molecular flexibility index (Phi) is 21.9. The van der Waals surface area contributed by atoms with Gasteiger partial charge in [-0.25, -0.2) is 19.2 Å². The van der Waals surface area contributed by atoms with Crippen LogP contribution in [-0.4, -0.2) is 114 Å². The number of esters is 4.